The van der Waals surface area contributed by atoms with Crippen LogP contribution in [0.15, 0.2) is 66.7 Å². The highest BCUT2D eigenvalue weighted by molar-refractivity contribution is 6.05. The van der Waals surface area contributed by atoms with Gasteiger partial charge in [-0.15, -0.1) is 0 Å². The number of carbonyl (C=O) groups excluding carboxylic acids is 1. The molecule has 0 fully saturated rings. The molecule has 1 aromatic heterocycles. The fraction of sp³-hybridized carbons (Fsp3) is 0.130. The van der Waals surface area contributed by atoms with Gasteiger partial charge in [-0.2, -0.15) is 0 Å². The number of aromatic amines is 1. The fourth-order valence-electron chi connectivity index (χ4n) is 3.06. The molecule has 4 aromatic rings. The summed E-state index contributed by atoms with van der Waals surface area (Å²) in [4.78, 5) is 20.6. The second-order valence-corrected chi connectivity index (χ2v) is 6.54. The summed E-state index contributed by atoms with van der Waals surface area (Å²) in [5, 5.41) is 3.00. The van der Waals surface area contributed by atoms with Crippen molar-refractivity contribution in [3.8, 4) is 17.1 Å². The number of hydrogen-bond donors (Lipinski definition) is 2. The van der Waals surface area contributed by atoms with Crippen LogP contribution in [0.2, 0.25) is 0 Å². The van der Waals surface area contributed by atoms with Crippen molar-refractivity contribution in [2.45, 2.75) is 13.8 Å². The molecule has 2 N–H and O–H groups in total. The Morgan fingerprint density at radius 3 is 2.61 bits per heavy atom. The Kier molecular flexibility index (Phi) is 4.81. The Balaban J connectivity index is 1.59. The van der Waals surface area contributed by atoms with E-state index in [1.807, 2.05) is 56.3 Å². The second-order valence-electron chi connectivity index (χ2n) is 6.54. The number of carbonyl (C=O) groups is 1. The summed E-state index contributed by atoms with van der Waals surface area (Å²) in [5.74, 6) is 1.37. The molecule has 1 amide bonds. The maximum atomic E-state index is 12.6. The number of benzene rings is 3. The number of H-pyrrole nitrogens is 1. The molecule has 4 rings (SSSR count). The Morgan fingerprint density at radius 2 is 1.86 bits per heavy atom. The van der Waals surface area contributed by atoms with Crippen molar-refractivity contribution >= 4 is 22.6 Å². The van der Waals surface area contributed by atoms with Crippen molar-refractivity contribution in [1.29, 1.82) is 0 Å². The number of para-hydroxylation sites is 2. The minimum atomic E-state index is -0.159. The predicted molar refractivity (Wildman–Crippen MR) is 112 cm³/mol. The first-order valence-electron chi connectivity index (χ1n) is 9.24. The molecule has 0 saturated carbocycles. The van der Waals surface area contributed by atoms with Gasteiger partial charge in [-0.05, 0) is 61.9 Å². The van der Waals surface area contributed by atoms with Crippen molar-refractivity contribution in [1.82, 2.24) is 9.97 Å². The van der Waals surface area contributed by atoms with E-state index < -0.39 is 0 Å². The van der Waals surface area contributed by atoms with Gasteiger partial charge in [-0.25, -0.2) is 4.98 Å². The fourth-order valence-corrected chi connectivity index (χ4v) is 3.06. The van der Waals surface area contributed by atoms with Gasteiger partial charge in [0.25, 0.3) is 5.91 Å². The van der Waals surface area contributed by atoms with Crippen LogP contribution in [0.4, 0.5) is 5.69 Å². The molecule has 5 nitrogen and oxygen atoms in total. The van der Waals surface area contributed by atoms with E-state index in [1.165, 1.54) is 0 Å². The number of hydrogen-bond acceptors (Lipinski definition) is 3. The number of fused-ring (bicyclic) bond motifs is 1. The van der Waals surface area contributed by atoms with Crippen molar-refractivity contribution in [2.75, 3.05) is 11.9 Å². The average Bonchev–Trinajstić information content (AvgIpc) is 3.14. The standard InChI is InChI=1S/C23H21N3O2/c1-3-28-18-12-10-16(11-13-18)23(27)26-21-14-17(9-8-15(21)2)22-24-19-6-4-5-7-20(19)25-22/h4-14H,3H2,1-2H3,(H,24,25)(H,26,27). The van der Waals surface area contributed by atoms with Crippen LogP contribution in [-0.2, 0) is 0 Å². The topological polar surface area (TPSA) is 67.0 Å². The lowest BCUT2D eigenvalue weighted by Gasteiger charge is -2.10. The third kappa shape index (κ3) is 3.60. The van der Waals surface area contributed by atoms with Crippen molar-refractivity contribution in [2.24, 2.45) is 0 Å². The number of amides is 1. The predicted octanol–water partition coefficient (Wildman–Crippen LogP) is 5.19. The van der Waals surface area contributed by atoms with Crippen molar-refractivity contribution in [3.05, 3.63) is 77.9 Å². The molecular formula is C23H21N3O2. The molecule has 0 atom stereocenters. The van der Waals surface area contributed by atoms with Gasteiger partial charge in [0, 0.05) is 16.8 Å². The van der Waals surface area contributed by atoms with Crippen LogP contribution in [0, 0.1) is 6.92 Å². The number of rotatable bonds is 5. The van der Waals surface area contributed by atoms with E-state index in [4.69, 9.17) is 4.74 Å². The highest BCUT2D eigenvalue weighted by Gasteiger charge is 2.11. The molecule has 0 unspecified atom stereocenters. The van der Waals surface area contributed by atoms with Crippen LogP contribution < -0.4 is 10.1 Å². The Morgan fingerprint density at radius 1 is 1.07 bits per heavy atom. The van der Waals surface area contributed by atoms with Crippen LogP contribution in [0.25, 0.3) is 22.4 Å². The minimum absolute atomic E-state index is 0.159. The lowest BCUT2D eigenvalue weighted by molar-refractivity contribution is 0.102. The summed E-state index contributed by atoms with van der Waals surface area (Å²) >= 11 is 0. The number of aryl methyl sites for hydroxylation is 1. The van der Waals surface area contributed by atoms with Gasteiger partial charge in [0.2, 0.25) is 0 Å². The second kappa shape index (κ2) is 7.56. The van der Waals surface area contributed by atoms with E-state index in [9.17, 15) is 4.79 Å². The highest BCUT2D eigenvalue weighted by atomic mass is 16.5. The average molecular weight is 371 g/mol. The Bertz CT molecular complexity index is 1100. The summed E-state index contributed by atoms with van der Waals surface area (Å²) in [7, 11) is 0. The van der Waals surface area contributed by atoms with Crippen LogP contribution in [-0.4, -0.2) is 22.5 Å². The van der Waals surface area contributed by atoms with Crippen molar-refractivity contribution in [3.63, 3.8) is 0 Å². The SMILES string of the molecule is CCOc1ccc(C(=O)Nc2cc(-c3nc4ccccc4[nH]3)ccc2C)cc1. The minimum Gasteiger partial charge on any atom is -0.494 e. The summed E-state index contributed by atoms with van der Waals surface area (Å²) in [6.45, 7) is 4.49. The van der Waals surface area contributed by atoms with E-state index in [2.05, 4.69) is 15.3 Å². The van der Waals surface area contributed by atoms with Gasteiger partial charge in [0.05, 0.1) is 17.6 Å². The summed E-state index contributed by atoms with van der Waals surface area (Å²) < 4.78 is 5.43. The molecule has 1 heterocycles. The van der Waals surface area contributed by atoms with Gasteiger partial charge >= 0.3 is 0 Å². The molecule has 0 saturated heterocycles. The first-order chi connectivity index (χ1) is 13.6. The number of nitrogens with zero attached hydrogens (tertiary/aromatic N) is 1. The summed E-state index contributed by atoms with van der Waals surface area (Å²) in [6.07, 6.45) is 0. The number of aromatic nitrogens is 2. The zero-order valence-electron chi connectivity index (χ0n) is 15.8. The van der Waals surface area contributed by atoms with E-state index in [0.29, 0.717) is 12.2 Å². The lowest BCUT2D eigenvalue weighted by atomic mass is 10.1. The molecule has 3 aromatic carbocycles. The monoisotopic (exact) mass is 371 g/mol. The van der Waals surface area contributed by atoms with Crippen LogP contribution >= 0.6 is 0 Å². The van der Waals surface area contributed by atoms with E-state index in [-0.39, 0.29) is 5.91 Å². The lowest BCUT2D eigenvalue weighted by Crippen LogP contribution is -2.12. The van der Waals surface area contributed by atoms with Gasteiger partial charge in [-0.1, -0.05) is 24.3 Å². The largest absolute Gasteiger partial charge is 0.494 e. The molecule has 140 valence electrons. The van der Waals surface area contributed by atoms with Gasteiger partial charge in [-0.3, -0.25) is 4.79 Å². The van der Waals surface area contributed by atoms with E-state index in [0.717, 1.165) is 39.4 Å². The molecule has 0 aliphatic carbocycles. The molecule has 5 heteroatoms. The molecule has 0 aliphatic rings. The van der Waals surface area contributed by atoms with Gasteiger partial charge < -0.3 is 15.0 Å². The molecule has 0 bridgehead atoms. The third-order valence-electron chi connectivity index (χ3n) is 4.58. The Labute approximate surface area is 163 Å². The van der Waals surface area contributed by atoms with Crippen molar-refractivity contribution < 1.29 is 9.53 Å². The number of imidazole rings is 1. The quantitative estimate of drug-likeness (QED) is 0.507. The maximum Gasteiger partial charge on any atom is 0.255 e. The molecule has 28 heavy (non-hydrogen) atoms. The van der Waals surface area contributed by atoms with Gasteiger partial charge in [0.15, 0.2) is 0 Å². The summed E-state index contributed by atoms with van der Waals surface area (Å²) in [5.41, 5.74) is 5.15. The van der Waals surface area contributed by atoms with Crippen LogP contribution in [0.5, 0.6) is 5.75 Å². The van der Waals surface area contributed by atoms with Crippen LogP contribution in [0.1, 0.15) is 22.8 Å². The molecule has 0 radical (unpaired) electrons. The molecule has 0 aliphatic heterocycles. The van der Waals surface area contributed by atoms with Crippen LogP contribution in [0.3, 0.4) is 0 Å². The number of anilines is 1. The smallest absolute Gasteiger partial charge is 0.255 e. The normalized spacial score (nSPS) is 10.8. The first-order valence-corrected chi connectivity index (χ1v) is 9.24. The molecular weight excluding hydrogens is 350 g/mol. The van der Waals surface area contributed by atoms with E-state index >= 15 is 0 Å². The third-order valence-corrected chi connectivity index (χ3v) is 4.58. The zero-order chi connectivity index (χ0) is 19.5. The zero-order valence-corrected chi connectivity index (χ0v) is 15.8. The molecule has 0 spiro atoms. The maximum absolute atomic E-state index is 12.6. The van der Waals surface area contributed by atoms with E-state index in [1.54, 1.807) is 24.3 Å². The van der Waals surface area contributed by atoms with Gasteiger partial charge in [0.1, 0.15) is 11.6 Å². The highest BCUT2D eigenvalue weighted by Crippen LogP contribution is 2.26. The Hall–Kier alpha value is -3.60. The number of ether oxygens (including phenoxy) is 1. The number of nitrogens with one attached hydrogen (secondary N) is 2. The summed E-state index contributed by atoms with van der Waals surface area (Å²) in [6, 6.07) is 21.0. The first kappa shape index (κ1) is 17.8.